The van der Waals surface area contributed by atoms with Gasteiger partial charge in [0.1, 0.15) is 18.1 Å². The second-order valence-electron chi connectivity index (χ2n) is 6.50. The van der Waals surface area contributed by atoms with Crippen LogP contribution in [0.5, 0.6) is 11.5 Å². The molecule has 2 aromatic carbocycles. The summed E-state index contributed by atoms with van der Waals surface area (Å²) in [4.78, 5) is 8.49. The van der Waals surface area contributed by atoms with E-state index in [0.29, 0.717) is 25.4 Å². The Labute approximate surface area is 200 Å². The number of hydrogen-bond acceptors (Lipinski definition) is 4. The van der Waals surface area contributed by atoms with Crippen LogP contribution in [0.15, 0.2) is 77.9 Å². The Hall–Kier alpha value is -3.02. The lowest BCUT2D eigenvalue weighted by atomic mass is 10.2. The van der Waals surface area contributed by atoms with E-state index in [-0.39, 0.29) is 35.7 Å². The number of benzene rings is 2. The lowest BCUT2D eigenvalue weighted by Crippen LogP contribution is -2.31. The molecule has 0 atom stereocenters. The van der Waals surface area contributed by atoms with Gasteiger partial charge >= 0.3 is 6.36 Å². The molecule has 170 valence electrons. The van der Waals surface area contributed by atoms with Crippen molar-refractivity contribution in [1.29, 1.82) is 0 Å². The second kappa shape index (κ2) is 12.1. The van der Waals surface area contributed by atoms with Gasteiger partial charge in [0.2, 0.25) is 0 Å². The van der Waals surface area contributed by atoms with Crippen molar-refractivity contribution >= 4 is 29.9 Å². The van der Waals surface area contributed by atoms with Crippen molar-refractivity contribution in [1.82, 2.24) is 10.3 Å². The molecule has 3 rings (SSSR count). The average Bonchev–Trinajstić information content (AvgIpc) is 2.76. The van der Waals surface area contributed by atoms with Gasteiger partial charge in [0.15, 0.2) is 5.96 Å². The van der Waals surface area contributed by atoms with Crippen molar-refractivity contribution in [3.8, 4) is 11.5 Å². The third kappa shape index (κ3) is 9.00. The van der Waals surface area contributed by atoms with Crippen LogP contribution in [-0.4, -0.2) is 17.3 Å². The van der Waals surface area contributed by atoms with Crippen molar-refractivity contribution in [3.63, 3.8) is 0 Å². The first kappa shape index (κ1) is 25.2. The minimum absolute atomic E-state index is 0. The van der Waals surface area contributed by atoms with E-state index in [2.05, 4.69) is 20.0 Å². The molecule has 3 aromatic rings. The lowest BCUT2D eigenvalue weighted by molar-refractivity contribution is -0.274. The Balaban J connectivity index is 0.00000363. The van der Waals surface area contributed by atoms with Gasteiger partial charge in [-0.15, -0.1) is 37.1 Å². The number of rotatable bonds is 8. The van der Waals surface area contributed by atoms with E-state index < -0.39 is 6.36 Å². The summed E-state index contributed by atoms with van der Waals surface area (Å²) in [6.45, 7) is 1.02. The molecule has 0 fully saturated rings. The normalized spacial score (nSPS) is 11.4. The van der Waals surface area contributed by atoms with E-state index in [1.165, 1.54) is 24.3 Å². The maximum Gasteiger partial charge on any atom is 0.573 e. The molecule has 0 spiro atoms. The van der Waals surface area contributed by atoms with Crippen LogP contribution in [0.2, 0.25) is 0 Å². The molecule has 0 amide bonds. The average molecular weight is 558 g/mol. The monoisotopic (exact) mass is 558 g/mol. The molecule has 1 aromatic heterocycles. The minimum atomic E-state index is -4.71. The summed E-state index contributed by atoms with van der Waals surface area (Å²) in [5.41, 5.74) is 8.36. The number of pyridine rings is 1. The molecule has 0 saturated heterocycles. The molecule has 0 radical (unpaired) electrons. The molecule has 3 N–H and O–H groups in total. The quantitative estimate of drug-likeness (QED) is 0.236. The van der Waals surface area contributed by atoms with Crippen molar-refractivity contribution in [2.24, 2.45) is 10.7 Å². The number of nitrogens with two attached hydrogens (primary N) is 1. The first-order valence-electron chi connectivity index (χ1n) is 9.37. The summed E-state index contributed by atoms with van der Waals surface area (Å²) < 4.78 is 46.2. The molecule has 1 heterocycles. The maximum absolute atomic E-state index is 12.2. The predicted molar refractivity (Wildman–Crippen MR) is 126 cm³/mol. The predicted octanol–water partition coefficient (Wildman–Crippen LogP) is 4.78. The zero-order valence-electron chi connectivity index (χ0n) is 16.9. The Bertz CT molecular complexity index is 1000. The number of aromatic nitrogens is 1. The van der Waals surface area contributed by atoms with Gasteiger partial charge in [0.25, 0.3) is 0 Å². The van der Waals surface area contributed by atoms with Crippen molar-refractivity contribution in [2.75, 3.05) is 0 Å². The van der Waals surface area contributed by atoms with Gasteiger partial charge in [-0.3, -0.25) is 4.98 Å². The zero-order valence-corrected chi connectivity index (χ0v) is 19.2. The van der Waals surface area contributed by atoms with Gasteiger partial charge in [-0.1, -0.05) is 30.3 Å². The number of hydrogen-bond donors (Lipinski definition) is 2. The summed E-state index contributed by atoms with van der Waals surface area (Å²) in [5.74, 6) is 0.643. The Morgan fingerprint density at radius 1 is 0.969 bits per heavy atom. The van der Waals surface area contributed by atoms with E-state index in [1.807, 2.05) is 42.5 Å². The summed E-state index contributed by atoms with van der Waals surface area (Å²) in [7, 11) is 0. The molecular formula is C22H22F3IN4O2. The number of ether oxygens (including phenoxy) is 2. The molecule has 0 saturated carbocycles. The lowest BCUT2D eigenvalue weighted by Gasteiger charge is -2.10. The summed E-state index contributed by atoms with van der Waals surface area (Å²) in [6, 6.07) is 18.7. The van der Waals surface area contributed by atoms with Gasteiger partial charge in [-0.05, 0) is 47.5 Å². The third-order valence-corrected chi connectivity index (χ3v) is 4.07. The first-order chi connectivity index (χ1) is 14.9. The zero-order chi connectivity index (χ0) is 22.1. The number of nitrogens with one attached hydrogen (secondary N) is 1. The molecule has 6 nitrogen and oxygen atoms in total. The van der Waals surface area contributed by atoms with Crippen molar-refractivity contribution < 1.29 is 22.6 Å². The molecule has 32 heavy (non-hydrogen) atoms. The second-order valence-corrected chi connectivity index (χ2v) is 6.50. The maximum atomic E-state index is 12.2. The van der Waals surface area contributed by atoms with Gasteiger partial charge < -0.3 is 20.5 Å². The Morgan fingerprint density at radius 3 is 2.44 bits per heavy atom. The SMILES string of the molecule is I.NC(=NCc1cccc(OCc2ccccn2)c1)NCc1ccc(OC(F)(F)F)cc1. The number of halogens is 4. The summed E-state index contributed by atoms with van der Waals surface area (Å²) >= 11 is 0. The Kier molecular flexibility index (Phi) is 9.57. The van der Waals surface area contributed by atoms with Crippen LogP contribution in [0.1, 0.15) is 16.8 Å². The largest absolute Gasteiger partial charge is 0.573 e. The van der Waals surface area contributed by atoms with Gasteiger partial charge in [0, 0.05) is 12.7 Å². The highest BCUT2D eigenvalue weighted by Gasteiger charge is 2.30. The number of aliphatic imine (C=N–C) groups is 1. The van der Waals surface area contributed by atoms with E-state index >= 15 is 0 Å². The van der Waals surface area contributed by atoms with Crippen LogP contribution < -0.4 is 20.5 Å². The molecule has 0 aliphatic heterocycles. The summed E-state index contributed by atoms with van der Waals surface area (Å²) in [5, 5.41) is 2.92. The van der Waals surface area contributed by atoms with E-state index in [0.717, 1.165) is 16.8 Å². The smallest absolute Gasteiger partial charge is 0.487 e. The standard InChI is InChI=1S/C22H21F3N4O2.HI/c23-22(24,25)31-19-9-7-16(8-10-19)13-28-21(26)29-14-17-4-3-6-20(12-17)30-15-18-5-1-2-11-27-18;/h1-12H,13-15H2,(H3,26,28,29);1H. The van der Waals surface area contributed by atoms with Crippen LogP contribution in [0.4, 0.5) is 13.2 Å². The van der Waals surface area contributed by atoms with Crippen LogP contribution >= 0.6 is 24.0 Å². The highest BCUT2D eigenvalue weighted by Crippen LogP contribution is 2.22. The van der Waals surface area contributed by atoms with E-state index in [9.17, 15) is 13.2 Å². The van der Waals surface area contributed by atoms with Crippen LogP contribution in [0.25, 0.3) is 0 Å². The molecule has 0 aliphatic carbocycles. The molecule has 0 aliphatic rings. The minimum Gasteiger partial charge on any atom is -0.487 e. The van der Waals surface area contributed by atoms with Crippen molar-refractivity contribution in [2.45, 2.75) is 26.1 Å². The number of guanidine groups is 1. The number of nitrogens with zero attached hydrogens (tertiary/aromatic N) is 2. The topological polar surface area (TPSA) is 81.8 Å². The van der Waals surface area contributed by atoms with Gasteiger partial charge in [-0.25, -0.2) is 4.99 Å². The molecule has 10 heteroatoms. The van der Waals surface area contributed by atoms with Gasteiger partial charge in [-0.2, -0.15) is 0 Å². The van der Waals surface area contributed by atoms with E-state index in [4.69, 9.17) is 10.5 Å². The van der Waals surface area contributed by atoms with Crippen LogP contribution in [0.3, 0.4) is 0 Å². The van der Waals surface area contributed by atoms with Crippen LogP contribution in [-0.2, 0) is 19.7 Å². The summed E-state index contributed by atoms with van der Waals surface area (Å²) in [6.07, 6.45) is -3.00. The third-order valence-electron chi connectivity index (χ3n) is 4.07. The van der Waals surface area contributed by atoms with Crippen LogP contribution in [0, 0.1) is 0 Å². The first-order valence-corrected chi connectivity index (χ1v) is 9.37. The highest BCUT2D eigenvalue weighted by molar-refractivity contribution is 14.0. The fraction of sp³-hybridized carbons (Fsp3) is 0.182. The molecule has 0 unspecified atom stereocenters. The molecule has 0 bridgehead atoms. The van der Waals surface area contributed by atoms with E-state index in [1.54, 1.807) is 6.20 Å². The number of alkyl halides is 3. The van der Waals surface area contributed by atoms with Crippen molar-refractivity contribution in [3.05, 3.63) is 89.7 Å². The fourth-order valence-electron chi connectivity index (χ4n) is 2.61. The highest BCUT2D eigenvalue weighted by atomic mass is 127. The fourth-order valence-corrected chi connectivity index (χ4v) is 2.61. The van der Waals surface area contributed by atoms with Gasteiger partial charge in [0.05, 0.1) is 12.2 Å². The molecular weight excluding hydrogens is 536 g/mol. The Morgan fingerprint density at radius 2 is 1.75 bits per heavy atom.